The third-order valence-electron chi connectivity index (χ3n) is 13.6. The number of esters is 3. The molecule has 0 rings (SSSR count). The van der Waals surface area contributed by atoms with Crippen molar-refractivity contribution in [3.63, 3.8) is 0 Å². The molecule has 80 heavy (non-hydrogen) atoms. The fourth-order valence-corrected chi connectivity index (χ4v) is 8.79. The van der Waals surface area contributed by atoms with Crippen LogP contribution in [0.4, 0.5) is 0 Å². The monoisotopic (exact) mass is 1100 g/mol. The average Bonchev–Trinajstić information content (AvgIpc) is 3.46. The molecule has 0 aromatic heterocycles. The average molecular weight is 1110 g/mol. The summed E-state index contributed by atoms with van der Waals surface area (Å²) in [6.45, 7) is 6.33. The van der Waals surface area contributed by atoms with Crippen molar-refractivity contribution < 1.29 is 28.6 Å². The molecule has 6 nitrogen and oxygen atoms in total. The molecule has 0 aliphatic heterocycles. The first-order chi connectivity index (χ1) is 39.5. The lowest BCUT2D eigenvalue weighted by Crippen LogP contribution is -2.30. The third-order valence-corrected chi connectivity index (χ3v) is 13.6. The topological polar surface area (TPSA) is 78.9 Å². The summed E-state index contributed by atoms with van der Waals surface area (Å²) in [6.07, 6.45) is 96.0. The minimum absolute atomic E-state index is 0.113. The second-order valence-electron chi connectivity index (χ2n) is 21.3. The molecular weight excluding hydrogens is 985 g/mol. The molecule has 0 aromatic carbocycles. The van der Waals surface area contributed by atoms with Gasteiger partial charge in [-0.05, 0) is 103 Å². The zero-order valence-electron chi connectivity index (χ0n) is 51.8. The summed E-state index contributed by atoms with van der Waals surface area (Å²) in [5.74, 6) is -1.05. The van der Waals surface area contributed by atoms with Gasteiger partial charge in [-0.2, -0.15) is 0 Å². The Hall–Kier alpha value is -4.71. The first kappa shape index (κ1) is 75.3. The molecule has 0 amide bonds. The van der Waals surface area contributed by atoms with Crippen molar-refractivity contribution in [3.8, 4) is 0 Å². The van der Waals surface area contributed by atoms with Gasteiger partial charge < -0.3 is 14.2 Å². The van der Waals surface area contributed by atoms with Crippen LogP contribution in [0.25, 0.3) is 0 Å². The largest absolute Gasteiger partial charge is 0.462 e. The van der Waals surface area contributed by atoms with E-state index in [1.54, 1.807) is 6.08 Å². The Morgan fingerprint density at radius 3 is 0.875 bits per heavy atom. The van der Waals surface area contributed by atoms with Gasteiger partial charge in [0.1, 0.15) is 13.2 Å². The number of unbranched alkanes of at least 4 members (excludes halogenated alkanes) is 24. The number of carbonyl (C=O) groups is 3. The summed E-state index contributed by atoms with van der Waals surface area (Å²) < 4.78 is 16.8. The van der Waals surface area contributed by atoms with Gasteiger partial charge in [0.15, 0.2) is 6.10 Å². The SMILES string of the molecule is CC/C=C\C/C=C\C/C=C\C/C=C\C/C=C\C/C=C\C/C=C\CCCCCCCCCCCC(=O)OCC(COC(=O)C/C=C\C/C=C\C/C=C\C/C=C\C/C=C\CC)OC(=O)CCCCCCCCCCCCCCCCCC. The highest BCUT2D eigenvalue weighted by Gasteiger charge is 2.19. The number of ether oxygens (including phenoxy) is 3. The second-order valence-corrected chi connectivity index (χ2v) is 21.3. The van der Waals surface area contributed by atoms with Gasteiger partial charge in [0, 0.05) is 12.8 Å². The lowest BCUT2D eigenvalue weighted by Gasteiger charge is -2.18. The molecule has 0 radical (unpaired) electrons. The molecule has 0 aliphatic rings. The van der Waals surface area contributed by atoms with E-state index in [0.29, 0.717) is 12.8 Å². The molecular formula is C74H120O6. The molecule has 0 aromatic rings. The van der Waals surface area contributed by atoms with Crippen molar-refractivity contribution in [1.82, 2.24) is 0 Å². The quantitative estimate of drug-likeness (QED) is 0.0261. The van der Waals surface area contributed by atoms with Gasteiger partial charge in [-0.1, -0.05) is 308 Å². The smallest absolute Gasteiger partial charge is 0.309 e. The summed E-state index contributed by atoms with van der Waals surface area (Å²) in [6, 6.07) is 0. The highest BCUT2D eigenvalue weighted by molar-refractivity contribution is 5.72. The Balaban J connectivity index is 4.37. The molecule has 1 atom stereocenters. The van der Waals surface area contributed by atoms with E-state index in [0.717, 1.165) is 122 Å². The van der Waals surface area contributed by atoms with Gasteiger partial charge in [-0.3, -0.25) is 14.4 Å². The number of rotatable bonds is 58. The molecule has 0 saturated carbocycles. The summed E-state index contributed by atoms with van der Waals surface area (Å²) in [7, 11) is 0. The maximum absolute atomic E-state index is 12.9. The number of hydrogen-bond acceptors (Lipinski definition) is 6. The van der Waals surface area contributed by atoms with E-state index in [9.17, 15) is 14.4 Å². The molecule has 1 unspecified atom stereocenters. The van der Waals surface area contributed by atoms with Crippen molar-refractivity contribution in [2.45, 2.75) is 290 Å². The standard InChI is InChI=1S/C74H120O6/c1-4-7-10-13-16-19-22-25-28-30-31-32-33-34-35-36-37-38-39-40-41-42-43-44-47-49-52-55-58-61-64-67-73(76)79-70-71(69-78-72(75)66-63-60-57-54-51-48-45-27-24-21-18-15-12-9-6-3)80-74(77)68-65-62-59-56-53-50-46-29-26-23-20-17-14-11-8-5-2/h7,9-10,12,16,18-19,21,25,27-28,31-32,34-35,37-38,40-41,45,51,54,60,63,71H,4-6,8,11,13-15,17,20,22-24,26,29-30,33,36,39,42-44,46-50,52-53,55-59,61-62,64-70H2,1-3H3/b10-7-,12-9-,19-16-,21-18-,28-25-,32-31-,35-34-,38-37-,41-40-,45-27-,54-51-,63-60-. The predicted molar refractivity (Wildman–Crippen MR) is 348 cm³/mol. The molecule has 0 aliphatic carbocycles. The van der Waals surface area contributed by atoms with Crippen LogP contribution >= 0.6 is 0 Å². The fraction of sp³-hybridized carbons (Fsp3) is 0.635. The lowest BCUT2D eigenvalue weighted by molar-refractivity contribution is -0.166. The number of allylic oxidation sites excluding steroid dienone is 23. The van der Waals surface area contributed by atoms with Crippen LogP contribution in [0.2, 0.25) is 0 Å². The maximum atomic E-state index is 12.9. The Labute approximate surface area is 493 Å². The van der Waals surface area contributed by atoms with Crippen LogP contribution in [0.5, 0.6) is 0 Å². The van der Waals surface area contributed by atoms with Crippen LogP contribution in [-0.2, 0) is 28.6 Å². The van der Waals surface area contributed by atoms with Crippen LogP contribution < -0.4 is 0 Å². The van der Waals surface area contributed by atoms with Crippen molar-refractivity contribution in [3.05, 3.63) is 146 Å². The summed E-state index contributed by atoms with van der Waals surface area (Å²) in [5.41, 5.74) is 0. The Kier molecular flexibility index (Phi) is 62.9. The van der Waals surface area contributed by atoms with Gasteiger partial charge in [-0.25, -0.2) is 0 Å². The van der Waals surface area contributed by atoms with Gasteiger partial charge in [0.05, 0.1) is 6.42 Å². The van der Waals surface area contributed by atoms with E-state index in [-0.39, 0.29) is 31.6 Å². The second kappa shape index (κ2) is 66.8. The van der Waals surface area contributed by atoms with Crippen LogP contribution in [0.3, 0.4) is 0 Å². The van der Waals surface area contributed by atoms with Crippen molar-refractivity contribution in [2.24, 2.45) is 0 Å². The van der Waals surface area contributed by atoms with Crippen LogP contribution in [-0.4, -0.2) is 37.2 Å². The number of hydrogen-bond donors (Lipinski definition) is 0. The zero-order chi connectivity index (χ0) is 57.8. The van der Waals surface area contributed by atoms with Crippen molar-refractivity contribution in [2.75, 3.05) is 13.2 Å². The maximum Gasteiger partial charge on any atom is 0.309 e. The van der Waals surface area contributed by atoms with Gasteiger partial charge in [0.25, 0.3) is 0 Å². The first-order valence-corrected chi connectivity index (χ1v) is 32.8. The molecule has 0 bridgehead atoms. The van der Waals surface area contributed by atoms with E-state index in [2.05, 4.69) is 154 Å². The molecule has 0 heterocycles. The van der Waals surface area contributed by atoms with E-state index < -0.39 is 12.1 Å². The van der Waals surface area contributed by atoms with E-state index in [1.165, 1.54) is 122 Å². The Morgan fingerprint density at radius 1 is 0.275 bits per heavy atom. The minimum Gasteiger partial charge on any atom is -0.462 e. The molecule has 6 heteroatoms. The molecule has 0 N–H and O–H groups in total. The zero-order valence-corrected chi connectivity index (χ0v) is 51.8. The highest BCUT2D eigenvalue weighted by atomic mass is 16.6. The van der Waals surface area contributed by atoms with E-state index in [1.807, 2.05) is 6.08 Å². The van der Waals surface area contributed by atoms with Crippen LogP contribution in [0.1, 0.15) is 284 Å². The molecule has 0 saturated heterocycles. The molecule has 0 spiro atoms. The molecule has 0 fully saturated rings. The Morgan fingerprint density at radius 2 is 0.537 bits per heavy atom. The predicted octanol–water partition coefficient (Wildman–Crippen LogP) is 22.7. The number of carbonyl (C=O) groups excluding carboxylic acids is 3. The van der Waals surface area contributed by atoms with E-state index >= 15 is 0 Å². The third kappa shape index (κ3) is 64.1. The summed E-state index contributed by atoms with van der Waals surface area (Å²) >= 11 is 0. The highest BCUT2D eigenvalue weighted by Crippen LogP contribution is 2.16. The van der Waals surface area contributed by atoms with Crippen molar-refractivity contribution >= 4 is 17.9 Å². The van der Waals surface area contributed by atoms with Crippen LogP contribution in [0, 0.1) is 0 Å². The fourth-order valence-electron chi connectivity index (χ4n) is 8.79. The normalized spacial score (nSPS) is 13.1. The molecule has 452 valence electrons. The first-order valence-electron chi connectivity index (χ1n) is 32.8. The Bertz CT molecular complexity index is 1750. The van der Waals surface area contributed by atoms with Gasteiger partial charge in [0.2, 0.25) is 0 Å². The summed E-state index contributed by atoms with van der Waals surface area (Å²) in [5, 5.41) is 0. The van der Waals surface area contributed by atoms with Crippen LogP contribution in [0.15, 0.2) is 146 Å². The lowest BCUT2D eigenvalue weighted by atomic mass is 10.0. The minimum atomic E-state index is -0.825. The van der Waals surface area contributed by atoms with Gasteiger partial charge in [-0.15, -0.1) is 0 Å². The summed E-state index contributed by atoms with van der Waals surface area (Å²) in [4.78, 5) is 38.3. The van der Waals surface area contributed by atoms with Crippen molar-refractivity contribution in [1.29, 1.82) is 0 Å². The van der Waals surface area contributed by atoms with Gasteiger partial charge >= 0.3 is 17.9 Å². The van der Waals surface area contributed by atoms with E-state index in [4.69, 9.17) is 14.2 Å².